The van der Waals surface area contributed by atoms with E-state index in [9.17, 15) is 0 Å². The van der Waals surface area contributed by atoms with Gasteiger partial charge in [0, 0.05) is 15.4 Å². The Labute approximate surface area is 136 Å². The maximum absolute atomic E-state index is 5.93. The maximum Gasteiger partial charge on any atom is 0.214 e. The standard InChI is InChI=1S/C14H18BrN5S/c1-9(16)12-7-6-11(8-13(12)15)21-14-17-18-19-20(14)10-4-2-3-5-10/h6-10H,2-5,16H2,1H3/t9-/m0/s1. The summed E-state index contributed by atoms with van der Waals surface area (Å²) in [6, 6.07) is 6.68. The van der Waals surface area contributed by atoms with Crippen LogP contribution in [0.15, 0.2) is 32.7 Å². The average Bonchev–Trinajstić information content (AvgIpc) is 3.08. The lowest BCUT2D eigenvalue weighted by Crippen LogP contribution is -2.08. The van der Waals surface area contributed by atoms with Crippen molar-refractivity contribution in [3.63, 3.8) is 0 Å². The van der Waals surface area contributed by atoms with Gasteiger partial charge in [0.05, 0.1) is 6.04 Å². The molecule has 2 N–H and O–H groups in total. The summed E-state index contributed by atoms with van der Waals surface area (Å²) >= 11 is 5.18. The summed E-state index contributed by atoms with van der Waals surface area (Å²) < 4.78 is 3.01. The van der Waals surface area contributed by atoms with Crippen molar-refractivity contribution in [3.8, 4) is 0 Å². The van der Waals surface area contributed by atoms with E-state index in [4.69, 9.17) is 5.73 Å². The fourth-order valence-corrected chi connectivity index (χ4v) is 4.45. The Kier molecular flexibility index (Phi) is 4.61. The molecule has 21 heavy (non-hydrogen) atoms. The summed E-state index contributed by atoms with van der Waals surface area (Å²) in [7, 11) is 0. The van der Waals surface area contributed by atoms with Gasteiger partial charge >= 0.3 is 0 Å². The predicted octanol–water partition coefficient (Wildman–Crippen LogP) is 3.72. The number of rotatable bonds is 4. The summed E-state index contributed by atoms with van der Waals surface area (Å²) in [5.74, 6) is 0. The first-order valence-electron chi connectivity index (χ1n) is 7.16. The zero-order valence-electron chi connectivity index (χ0n) is 11.9. The summed E-state index contributed by atoms with van der Waals surface area (Å²) in [5, 5.41) is 13.0. The summed E-state index contributed by atoms with van der Waals surface area (Å²) in [5.41, 5.74) is 7.04. The van der Waals surface area contributed by atoms with Gasteiger partial charge in [-0.25, -0.2) is 4.68 Å². The summed E-state index contributed by atoms with van der Waals surface area (Å²) in [6.45, 7) is 1.98. The molecule has 0 saturated heterocycles. The van der Waals surface area contributed by atoms with Gasteiger partial charge in [0.15, 0.2) is 0 Å². The lowest BCUT2D eigenvalue weighted by atomic mass is 10.1. The normalized spacial score (nSPS) is 17.3. The zero-order valence-corrected chi connectivity index (χ0v) is 14.3. The average molecular weight is 368 g/mol. The number of aromatic nitrogens is 4. The molecule has 1 aliphatic carbocycles. The van der Waals surface area contributed by atoms with Crippen molar-refractivity contribution >= 4 is 27.7 Å². The van der Waals surface area contributed by atoms with Crippen molar-refractivity contribution in [2.24, 2.45) is 5.73 Å². The van der Waals surface area contributed by atoms with Crippen LogP contribution in [-0.4, -0.2) is 20.2 Å². The Balaban J connectivity index is 1.81. The van der Waals surface area contributed by atoms with E-state index in [1.165, 1.54) is 25.7 Å². The Morgan fingerprint density at radius 1 is 1.38 bits per heavy atom. The van der Waals surface area contributed by atoms with Gasteiger partial charge in [-0.3, -0.25) is 0 Å². The highest BCUT2D eigenvalue weighted by atomic mass is 79.9. The topological polar surface area (TPSA) is 69.6 Å². The largest absolute Gasteiger partial charge is 0.324 e. The number of nitrogens with two attached hydrogens (primary N) is 1. The van der Waals surface area contributed by atoms with Crippen LogP contribution in [0.1, 0.15) is 50.3 Å². The molecule has 0 aliphatic heterocycles. The smallest absolute Gasteiger partial charge is 0.214 e. The SMILES string of the molecule is C[C@H](N)c1ccc(Sc2nnnn2C2CCCC2)cc1Br. The number of benzene rings is 1. The van der Waals surface area contributed by atoms with Crippen LogP contribution in [0.3, 0.4) is 0 Å². The second kappa shape index (κ2) is 6.46. The zero-order chi connectivity index (χ0) is 14.8. The van der Waals surface area contributed by atoms with Crippen molar-refractivity contribution in [3.05, 3.63) is 28.2 Å². The summed E-state index contributed by atoms with van der Waals surface area (Å²) in [6.07, 6.45) is 4.88. The third-order valence-electron chi connectivity index (χ3n) is 3.80. The molecule has 5 nitrogen and oxygen atoms in total. The molecule has 1 atom stereocenters. The molecule has 0 spiro atoms. The molecular formula is C14H18BrN5S. The van der Waals surface area contributed by atoms with Gasteiger partial charge in [-0.1, -0.05) is 34.8 Å². The highest BCUT2D eigenvalue weighted by Gasteiger charge is 2.22. The highest BCUT2D eigenvalue weighted by molar-refractivity contribution is 9.10. The van der Waals surface area contributed by atoms with E-state index in [0.29, 0.717) is 6.04 Å². The first kappa shape index (κ1) is 15.0. The Hall–Kier alpha value is -0.920. The Morgan fingerprint density at radius 2 is 2.14 bits per heavy atom. The molecule has 0 amide bonds. The second-order valence-electron chi connectivity index (χ2n) is 5.42. The number of hydrogen-bond donors (Lipinski definition) is 1. The third-order valence-corrected chi connectivity index (χ3v) is 5.43. The van der Waals surface area contributed by atoms with Crippen molar-refractivity contribution in [1.82, 2.24) is 20.2 Å². The fraction of sp³-hybridized carbons (Fsp3) is 0.500. The van der Waals surface area contributed by atoms with E-state index in [2.05, 4.69) is 49.7 Å². The lowest BCUT2D eigenvalue weighted by Gasteiger charge is -2.12. The molecule has 3 rings (SSSR count). The number of hydrogen-bond acceptors (Lipinski definition) is 5. The van der Waals surface area contributed by atoms with E-state index in [0.717, 1.165) is 20.1 Å². The second-order valence-corrected chi connectivity index (χ2v) is 7.31. The maximum atomic E-state index is 5.93. The van der Waals surface area contributed by atoms with Crippen LogP contribution in [0.5, 0.6) is 0 Å². The molecule has 1 heterocycles. The Bertz CT molecular complexity index is 622. The van der Waals surface area contributed by atoms with Crippen molar-refractivity contribution in [2.75, 3.05) is 0 Å². The van der Waals surface area contributed by atoms with Crippen LogP contribution in [0, 0.1) is 0 Å². The van der Waals surface area contributed by atoms with Gasteiger partial charge in [-0.2, -0.15) is 0 Å². The van der Waals surface area contributed by atoms with Crippen molar-refractivity contribution < 1.29 is 0 Å². The number of nitrogens with zero attached hydrogens (tertiary/aromatic N) is 4. The quantitative estimate of drug-likeness (QED) is 0.891. The fourth-order valence-electron chi connectivity index (χ4n) is 2.68. The molecule has 1 aromatic heterocycles. The third kappa shape index (κ3) is 3.30. The van der Waals surface area contributed by atoms with Crippen LogP contribution < -0.4 is 5.73 Å². The van der Waals surface area contributed by atoms with E-state index in [1.54, 1.807) is 11.8 Å². The summed E-state index contributed by atoms with van der Waals surface area (Å²) in [4.78, 5) is 1.11. The van der Waals surface area contributed by atoms with Crippen LogP contribution in [0.2, 0.25) is 0 Å². The Morgan fingerprint density at radius 3 is 2.81 bits per heavy atom. The molecule has 7 heteroatoms. The minimum Gasteiger partial charge on any atom is -0.324 e. The first-order chi connectivity index (χ1) is 10.1. The molecule has 0 bridgehead atoms. The first-order valence-corrected chi connectivity index (χ1v) is 8.77. The van der Waals surface area contributed by atoms with Gasteiger partial charge in [0.1, 0.15) is 0 Å². The van der Waals surface area contributed by atoms with E-state index in [1.807, 2.05) is 11.6 Å². The van der Waals surface area contributed by atoms with Gasteiger partial charge in [-0.05, 0) is 59.7 Å². The number of tetrazole rings is 1. The van der Waals surface area contributed by atoms with E-state index in [-0.39, 0.29) is 6.04 Å². The highest BCUT2D eigenvalue weighted by Crippen LogP contribution is 2.35. The molecule has 1 fully saturated rings. The van der Waals surface area contributed by atoms with E-state index < -0.39 is 0 Å². The molecular weight excluding hydrogens is 350 g/mol. The molecule has 1 saturated carbocycles. The van der Waals surface area contributed by atoms with Crippen molar-refractivity contribution in [2.45, 2.75) is 54.7 Å². The lowest BCUT2D eigenvalue weighted by molar-refractivity contribution is 0.423. The minimum atomic E-state index is 0.0160. The van der Waals surface area contributed by atoms with Gasteiger partial charge in [-0.15, -0.1) is 5.10 Å². The molecule has 112 valence electrons. The van der Waals surface area contributed by atoms with Crippen LogP contribution in [0.25, 0.3) is 0 Å². The minimum absolute atomic E-state index is 0.0160. The molecule has 1 aromatic carbocycles. The molecule has 0 radical (unpaired) electrons. The van der Waals surface area contributed by atoms with Crippen molar-refractivity contribution in [1.29, 1.82) is 0 Å². The van der Waals surface area contributed by atoms with Gasteiger partial charge < -0.3 is 5.73 Å². The number of halogens is 1. The molecule has 2 aromatic rings. The van der Waals surface area contributed by atoms with Gasteiger partial charge in [0.2, 0.25) is 5.16 Å². The molecule has 1 aliphatic rings. The van der Waals surface area contributed by atoms with Crippen LogP contribution >= 0.6 is 27.7 Å². The molecule has 0 unspecified atom stereocenters. The van der Waals surface area contributed by atoms with Crippen LogP contribution in [-0.2, 0) is 0 Å². The monoisotopic (exact) mass is 367 g/mol. The van der Waals surface area contributed by atoms with E-state index >= 15 is 0 Å². The van der Waals surface area contributed by atoms with Gasteiger partial charge in [0.25, 0.3) is 0 Å². The predicted molar refractivity (Wildman–Crippen MR) is 86.2 cm³/mol. The van der Waals surface area contributed by atoms with Crippen LogP contribution in [0.4, 0.5) is 0 Å².